The fourth-order valence-electron chi connectivity index (χ4n) is 4.37. The molecule has 1 fully saturated rings. The Balaban J connectivity index is 1.29. The Morgan fingerprint density at radius 3 is 2.62 bits per heavy atom. The number of amides is 1. The molecule has 0 saturated carbocycles. The second-order valence-electron chi connectivity index (χ2n) is 8.72. The summed E-state index contributed by atoms with van der Waals surface area (Å²) in [6.07, 6.45) is 5.23. The second kappa shape index (κ2) is 9.86. The van der Waals surface area contributed by atoms with Gasteiger partial charge >= 0.3 is 0 Å². The lowest BCUT2D eigenvalue weighted by Gasteiger charge is -2.33. The van der Waals surface area contributed by atoms with Gasteiger partial charge < -0.3 is 15.0 Å². The molecule has 0 spiro atoms. The maximum absolute atomic E-state index is 12.8. The highest BCUT2D eigenvalue weighted by molar-refractivity contribution is 7.18. The van der Waals surface area contributed by atoms with Gasteiger partial charge in [-0.1, -0.05) is 12.1 Å². The molecule has 1 saturated heterocycles. The molecule has 3 aromatic rings. The zero-order valence-corrected chi connectivity index (χ0v) is 20.2. The van der Waals surface area contributed by atoms with E-state index in [0.29, 0.717) is 0 Å². The lowest BCUT2D eigenvalue weighted by atomic mass is 9.95. The third-order valence-electron chi connectivity index (χ3n) is 6.52. The van der Waals surface area contributed by atoms with Crippen LogP contribution in [0.5, 0.6) is 5.75 Å². The molecule has 6 nitrogen and oxygen atoms in total. The molecule has 1 amide bonds. The molecule has 1 aliphatic heterocycles. The molecular weight excluding hydrogens is 420 g/mol. The van der Waals surface area contributed by atoms with E-state index in [0.717, 1.165) is 55.2 Å². The monoisotopic (exact) mass is 452 g/mol. The largest absolute Gasteiger partial charge is 0.497 e. The summed E-state index contributed by atoms with van der Waals surface area (Å²) in [4.78, 5) is 26.6. The van der Waals surface area contributed by atoms with E-state index in [1.165, 1.54) is 21.4 Å². The Morgan fingerprint density at radius 2 is 1.94 bits per heavy atom. The fourth-order valence-corrected chi connectivity index (χ4v) is 5.36. The molecular formula is C25H32N4O2S. The van der Waals surface area contributed by atoms with Crippen molar-refractivity contribution in [3.8, 4) is 5.75 Å². The summed E-state index contributed by atoms with van der Waals surface area (Å²) >= 11 is 1.73. The number of aromatic nitrogens is 2. The molecule has 1 N–H and O–H groups in total. The summed E-state index contributed by atoms with van der Waals surface area (Å²) in [5.74, 6) is 2.14. The number of ether oxygens (including phenoxy) is 1. The molecule has 1 unspecified atom stereocenters. The first kappa shape index (κ1) is 22.5. The van der Waals surface area contributed by atoms with Crippen molar-refractivity contribution in [2.75, 3.05) is 25.1 Å². The summed E-state index contributed by atoms with van der Waals surface area (Å²) in [5, 5.41) is 4.40. The summed E-state index contributed by atoms with van der Waals surface area (Å²) in [6, 6.07) is 8.29. The smallest absolute Gasteiger partial charge is 0.223 e. The lowest BCUT2D eigenvalue weighted by molar-refractivity contribution is -0.126. The SMILES string of the molecule is COc1ccc(CCC(C)NC(=O)C2CCN(c3ncnc4sc(C)c(C)c34)CC2)cc1. The average molecular weight is 453 g/mol. The standard InChI is InChI=1S/C25H32N4O2S/c1-16(5-6-19-7-9-21(31-4)10-8-19)28-24(30)20-11-13-29(14-12-20)23-22-17(2)18(3)32-25(22)27-15-26-23/h7-10,15-16,20H,5-6,11-14H2,1-4H3,(H,28,30). The summed E-state index contributed by atoms with van der Waals surface area (Å²) < 4.78 is 5.21. The minimum Gasteiger partial charge on any atom is -0.497 e. The Kier molecular flexibility index (Phi) is 6.94. The number of hydrogen-bond acceptors (Lipinski definition) is 6. The molecule has 0 radical (unpaired) electrons. The van der Waals surface area contributed by atoms with Crippen LogP contribution in [0.3, 0.4) is 0 Å². The van der Waals surface area contributed by atoms with Gasteiger partial charge in [0.25, 0.3) is 0 Å². The summed E-state index contributed by atoms with van der Waals surface area (Å²) in [5.41, 5.74) is 2.53. The Hall–Kier alpha value is -2.67. The quantitative estimate of drug-likeness (QED) is 0.564. The number of anilines is 1. The number of methoxy groups -OCH3 is 1. The predicted molar refractivity (Wildman–Crippen MR) is 131 cm³/mol. The first-order valence-electron chi connectivity index (χ1n) is 11.3. The van der Waals surface area contributed by atoms with E-state index in [1.54, 1.807) is 24.8 Å². The molecule has 3 heterocycles. The third kappa shape index (κ3) is 4.88. The first-order valence-corrected chi connectivity index (χ1v) is 12.2. The van der Waals surface area contributed by atoms with Crippen molar-refractivity contribution in [2.45, 2.75) is 52.5 Å². The number of nitrogens with zero attached hydrogens (tertiary/aromatic N) is 3. The van der Waals surface area contributed by atoms with E-state index in [2.05, 4.69) is 53.1 Å². The molecule has 1 aliphatic rings. The van der Waals surface area contributed by atoms with E-state index >= 15 is 0 Å². The number of rotatable bonds is 7. The van der Waals surface area contributed by atoms with Crippen LogP contribution in [0.1, 0.15) is 42.2 Å². The minimum atomic E-state index is 0.0670. The normalized spacial score (nSPS) is 15.7. The van der Waals surface area contributed by atoms with E-state index in [4.69, 9.17) is 4.74 Å². The number of nitrogens with one attached hydrogen (secondary N) is 1. The van der Waals surface area contributed by atoms with Crippen LogP contribution in [0.4, 0.5) is 5.82 Å². The van der Waals surface area contributed by atoms with Crippen molar-refractivity contribution in [3.05, 3.63) is 46.6 Å². The summed E-state index contributed by atoms with van der Waals surface area (Å²) in [7, 11) is 1.68. The predicted octanol–water partition coefficient (Wildman–Crippen LogP) is 4.67. The van der Waals surface area contributed by atoms with Gasteiger partial charge in [-0.3, -0.25) is 4.79 Å². The molecule has 1 atom stereocenters. The van der Waals surface area contributed by atoms with Crippen LogP contribution in [0.15, 0.2) is 30.6 Å². The third-order valence-corrected chi connectivity index (χ3v) is 7.64. The van der Waals surface area contributed by atoms with Gasteiger partial charge in [-0.15, -0.1) is 11.3 Å². The Labute approximate surface area is 194 Å². The number of piperidine rings is 1. The number of carbonyl (C=O) groups is 1. The topological polar surface area (TPSA) is 67.3 Å². The molecule has 0 aliphatic carbocycles. The summed E-state index contributed by atoms with van der Waals surface area (Å²) in [6.45, 7) is 8.07. The molecule has 4 rings (SSSR count). The van der Waals surface area contributed by atoms with Crippen LogP contribution in [-0.4, -0.2) is 42.1 Å². The highest BCUT2D eigenvalue weighted by Gasteiger charge is 2.28. The van der Waals surface area contributed by atoms with E-state index in [9.17, 15) is 4.79 Å². The number of carbonyl (C=O) groups excluding carboxylic acids is 1. The van der Waals surface area contributed by atoms with E-state index in [1.807, 2.05) is 12.1 Å². The molecule has 2 aromatic heterocycles. The van der Waals surface area contributed by atoms with Crippen LogP contribution in [0.2, 0.25) is 0 Å². The molecule has 170 valence electrons. The number of thiophene rings is 1. The Morgan fingerprint density at radius 1 is 1.22 bits per heavy atom. The van der Waals surface area contributed by atoms with Crippen molar-refractivity contribution in [1.29, 1.82) is 0 Å². The van der Waals surface area contributed by atoms with Crippen molar-refractivity contribution in [3.63, 3.8) is 0 Å². The van der Waals surface area contributed by atoms with Crippen LogP contribution in [0.25, 0.3) is 10.2 Å². The van der Waals surface area contributed by atoms with Gasteiger partial charge in [0.1, 0.15) is 22.7 Å². The van der Waals surface area contributed by atoms with Crippen LogP contribution in [-0.2, 0) is 11.2 Å². The molecule has 0 bridgehead atoms. The molecule has 32 heavy (non-hydrogen) atoms. The lowest BCUT2D eigenvalue weighted by Crippen LogP contribution is -2.43. The zero-order chi connectivity index (χ0) is 22.7. The molecule has 1 aromatic carbocycles. The van der Waals surface area contributed by atoms with Crippen molar-refractivity contribution in [2.24, 2.45) is 5.92 Å². The zero-order valence-electron chi connectivity index (χ0n) is 19.4. The van der Waals surface area contributed by atoms with Gasteiger partial charge in [0.2, 0.25) is 5.91 Å². The maximum atomic E-state index is 12.8. The molecule has 7 heteroatoms. The highest BCUT2D eigenvalue weighted by Crippen LogP contribution is 2.35. The van der Waals surface area contributed by atoms with Gasteiger partial charge in [-0.2, -0.15) is 0 Å². The van der Waals surface area contributed by atoms with Gasteiger partial charge in [0.05, 0.1) is 12.5 Å². The van der Waals surface area contributed by atoms with E-state index in [-0.39, 0.29) is 17.9 Å². The minimum absolute atomic E-state index is 0.0670. The number of hydrogen-bond donors (Lipinski definition) is 1. The number of aryl methyl sites for hydroxylation is 3. The fraction of sp³-hybridized carbons (Fsp3) is 0.480. The first-order chi connectivity index (χ1) is 15.5. The van der Waals surface area contributed by atoms with Gasteiger partial charge in [0, 0.05) is 29.9 Å². The van der Waals surface area contributed by atoms with Crippen LogP contribution < -0.4 is 15.0 Å². The van der Waals surface area contributed by atoms with Gasteiger partial charge in [-0.25, -0.2) is 9.97 Å². The number of fused-ring (bicyclic) bond motifs is 1. The van der Waals surface area contributed by atoms with E-state index < -0.39 is 0 Å². The van der Waals surface area contributed by atoms with Gasteiger partial charge in [0.15, 0.2) is 0 Å². The van der Waals surface area contributed by atoms with Gasteiger partial charge in [-0.05, 0) is 69.7 Å². The number of benzene rings is 1. The second-order valence-corrected chi connectivity index (χ2v) is 9.92. The van der Waals surface area contributed by atoms with Crippen molar-refractivity contribution in [1.82, 2.24) is 15.3 Å². The van der Waals surface area contributed by atoms with Crippen molar-refractivity contribution < 1.29 is 9.53 Å². The highest BCUT2D eigenvalue weighted by atomic mass is 32.1. The van der Waals surface area contributed by atoms with Crippen LogP contribution >= 0.6 is 11.3 Å². The Bertz CT molecular complexity index is 1070. The maximum Gasteiger partial charge on any atom is 0.223 e. The van der Waals surface area contributed by atoms with Crippen molar-refractivity contribution >= 4 is 33.3 Å². The van der Waals surface area contributed by atoms with Crippen LogP contribution in [0, 0.1) is 19.8 Å². The average Bonchev–Trinajstić information content (AvgIpc) is 3.11.